The first kappa shape index (κ1) is 17.6. The fourth-order valence-electron chi connectivity index (χ4n) is 2.52. The number of nitriles is 1. The molecule has 4 heteroatoms. The summed E-state index contributed by atoms with van der Waals surface area (Å²) in [5, 5.41) is 12.7. The lowest BCUT2D eigenvalue weighted by Gasteiger charge is -2.27. The number of aromatic nitrogens is 1. The van der Waals surface area contributed by atoms with Crippen molar-refractivity contribution >= 4 is 0 Å². The van der Waals surface area contributed by atoms with Gasteiger partial charge in [0, 0.05) is 24.9 Å². The minimum Gasteiger partial charge on any atom is -0.306 e. The predicted molar refractivity (Wildman–Crippen MR) is 87.0 cm³/mol. The van der Waals surface area contributed by atoms with Crippen molar-refractivity contribution in [3.05, 3.63) is 30.1 Å². The van der Waals surface area contributed by atoms with Crippen LogP contribution >= 0.6 is 0 Å². The molecule has 1 unspecified atom stereocenters. The van der Waals surface area contributed by atoms with Gasteiger partial charge in [-0.3, -0.25) is 10.3 Å². The molecule has 0 amide bonds. The highest BCUT2D eigenvalue weighted by Gasteiger charge is 2.25. The van der Waals surface area contributed by atoms with Crippen molar-refractivity contribution in [1.82, 2.24) is 15.2 Å². The van der Waals surface area contributed by atoms with Gasteiger partial charge in [0.15, 0.2) is 0 Å². The zero-order chi connectivity index (χ0) is 15.6. The van der Waals surface area contributed by atoms with Gasteiger partial charge < -0.3 is 4.90 Å². The lowest BCUT2D eigenvalue weighted by molar-refractivity contribution is 0.297. The molecular weight excluding hydrogens is 260 g/mol. The second-order valence-corrected chi connectivity index (χ2v) is 5.56. The highest BCUT2D eigenvalue weighted by atomic mass is 15.1. The van der Waals surface area contributed by atoms with Crippen LogP contribution in [0, 0.1) is 11.3 Å². The molecule has 1 heterocycles. The fraction of sp³-hybridized carbons (Fsp3) is 0.647. The molecule has 0 spiro atoms. The summed E-state index contributed by atoms with van der Waals surface area (Å²) in [6.07, 6.45) is 5.61. The highest BCUT2D eigenvalue weighted by molar-refractivity contribution is 5.06. The molecule has 1 aromatic heterocycles. The number of pyridine rings is 1. The molecule has 0 aromatic carbocycles. The lowest BCUT2D eigenvalue weighted by Crippen LogP contribution is -2.43. The standard InChI is InChI=1S/C17H28N4/c1-4-17(15-18,20-5-2)11-8-13-21(3)14-10-16-9-6-7-12-19-16/h6-7,9,12,20H,4-5,8,10-11,13-14H2,1-3H3. The maximum atomic E-state index is 9.39. The van der Waals surface area contributed by atoms with Crippen LogP contribution in [0.15, 0.2) is 24.4 Å². The summed E-state index contributed by atoms with van der Waals surface area (Å²) in [5.74, 6) is 0. The van der Waals surface area contributed by atoms with Gasteiger partial charge in [-0.1, -0.05) is 19.9 Å². The summed E-state index contributed by atoms with van der Waals surface area (Å²) < 4.78 is 0. The van der Waals surface area contributed by atoms with E-state index in [4.69, 9.17) is 0 Å². The van der Waals surface area contributed by atoms with Crippen LogP contribution in [0.3, 0.4) is 0 Å². The molecule has 0 fully saturated rings. The predicted octanol–water partition coefficient (Wildman–Crippen LogP) is 2.62. The summed E-state index contributed by atoms with van der Waals surface area (Å²) in [5.41, 5.74) is 0.785. The van der Waals surface area contributed by atoms with Crippen LogP contribution in [0.4, 0.5) is 0 Å². The minimum absolute atomic E-state index is 0.351. The van der Waals surface area contributed by atoms with Crippen LogP contribution in [0.5, 0.6) is 0 Å². The van der Waals surface area contributed by atoms with E-state index in [0.29, 0.717) is 0 Å². The molecule has 0 aliphatic carbocycles. The zero-order valence-electron chi connectivity index (χ0n) is 13.6. The first-order valence-corrected chi connectivity index (χ1v) is 7.90. The Hall–Kier alpha value is -1.44. The maximum Gasteiger partial charge on any atom is 0.106 e. The van der Waals surface area contributed by atoms with Gasteiger partial charge in [-0.25, -0.2) is 0 Å². The second kappa shape index (κ2) is 9.49. The summed E-state index contributed by atoms with van der Waals surface area (Å²) in [4.78, 5) is 6.66. The van der Waals surface area contributed by atoms with E-state index < -0.39 is 0 Å². The van der Waals surface area contributed by atoms with Crippen LogP contribution in [0.2, 0.25) is 0 Å². The number of likely N-dealkylation sites (N-methyl/N-ethyl adjacent to an activating group) is 1. The molecule has 1 rings (SSSR count). The van der Waals surface area contributed by atoms with E-state index in [-0.39, 0.29) is 5.54 Å². The van der Waals surface area contributed by atoms with Crippen molar-refractivity contribution in [2.75, 3.05) is 26.7 Å². The number of rotatable bonds is 10. The topological polar surface area (TPSA) is 52.0 Å². The van der Waals surface area contributed by atoms with E-state index >= 15 is 0 Å². The van der Waals surface area contributed by atoms with Gasteiger partial charge >= 0.3 is 0 Å². The summed E-state index contributed by atoms with van der Waals surface area (Å²) in [7, 11) is 2.14. The van der Waals surface area contributed by atoms with Crippen LogP contribution in [-0.4, -0.2) is 42.1 Å². The van der Waals surface area contributed by atoms with Crippen molar-refractivity contribution in [2.45, 2.75) is 45.1 Å². The van der Waals surface area contributed by atoms with E-state index in [1.807, 2.05) is 18.3 Å². The van der Waals surface area contributed by atoms with Crippen molar-refractivity contribution in [2.24, 2.45) is 0 Å². The van der Waals surface area contributed by atoms with Gasteiger partial charge in [0.25, 0.3) is 0 Å². The van der Waals surface area contributed by atoms with Crippen molar-refractivity contribution in [3.8, 4) is 6.07 Å². The van der Waals surface area contributed by atoms with E-state index in [1.54, 1.807) is 0 Å². The summed E-state index contributed by atoms with van der Waals surface area (Å²) in [6.45, 7) is 7.00. The molecule has 4 nitrogen and oxygen atoms in total. The molecule has 1 N–H and O–H groups in total. The average Bonchev–Trinajstić information content (AvgIpc) is 2.53. The first-order valence-electron chi connectivity index (χ1n) is 7.90. The molecule has 0 saturated heterocycles. The van der Waals surface area contributed by atoms with Gasteiger partial charge in [0.1, 0.15) is 5.54 Å². The molecule has 0 aliphatic heterocycles. The monoisotopic (exact) mass is 288 g/mol. The van der Waals surface area contributed by atoms with Crippen LogP contribution in [0.1, 0.15) is 38.8 Å². The third kappa shape index (κ3) is 6.24. The Morgan fingerprint density at radius 3 is 2.71 bits per heavy atom. The quantitative estimate of drug-likeness (QED) is 0.719. The Balaban J connectivity index is 2.29. The van der Waals surface area contributed by atoms with Crippen molar-refractivity contribution < 1.29 is 0 Å². The third-order valence-corrected chi connectivity index (χ3v) is 3.95. The average molecular weight is 288 g/mol. The molecule has 1 atom stereocenters. The highest BCUT2D eigenvalue weighted by Crippen LogP contribution is 2.16. The minimum atomic E-state index is -0.351. The van der Waals surface area contributed by atoms with Gasteiger partial charge in [-0.05, 0) is 51.5 Å². The van der Waals surface area contributed by atoms with E-state index in [0.717, 1.165) is 51.0 Å². The maximum absolute atomic E-state index is 9.39. The molecule has 0 aliphatic rings. The largest absolute Gasteiger partial charge is 0.306 e. The molecule has 21 heavy (non-hydrogen) atoms. The molecule has 0 radical (unpaired) electrons. The molecule has 116 valence electrons. The van der Waals surface area contributed by atoms with Crippen LogP contribution in [0.25, 0.3) is 0 Å². The Kier molecular flexibility index (Phi) is 7.96. The van der Waals surface area contributed by atoms with E-state index in [2.05, 4.69) is 48.2 Å². The number of nitrogens with one attached hydrogen (secondary N) is 1. The summed E-state index contributed by atoms with van der Waals surface area (Å²) in [6, 6.07) is 8.50. The Morgan fingerprint density at radius 1 is 1.33 bits per heavy atom. The Labute approximate surface area is 129 Å². The van der Waals surface area contributed by atoms with Crippen LogP contribution in [-0.2, 0) is 6.42 Å². The fourth-order valence-corrected chi connectivity index (χ4v) is 2.52. The lowest BCUT2D eigenvalue weighted by atomic mass is 9.92. The van der Waals surface area contributed by atoms with E-state index in [1.165, 1.54) is 0 Å². The van der Waals surface area contributed by atoms with Gasteiger partial charge in [0.2, 0.25) is 0 Å². The number of hydrogen-bond donors (Lipinski definition) is 1. The normalized spacial score (nSPS) is 13.9. The Bertz CT molecular complexity index is 426. The zero-order valence-corrected chi connectivity index (χ0v) is 13.6. The van der Waals surface area contributed by atoms with Crippen molar-refractivity contribution in [3.63, 3.8) is 0 Å². The third-order valence-electron chi connectivity index (χ3n) is 3.95. The van der Waals surface area contributed by atoms with Gasteiger partial charge in [-0.15, -0.1) is 0 Å². The van der Waals surface area contributed by atoms with Gasteiger partial charge in [0.05, 0.1) is 6.07 Å². The smallest absolute Gasteiger partial charge is 0.106 e. The molecule has 0 saturated carbocycles. The Morgan fingerprint density at radius 2 is 2.14 bits per heavy atom. The molecule has 0 bridgehead atoms. The molecule has 1 aromatic rings. The van der Waals surface area contributed by atoms with Gasteiger partial charge in [-0.2, -0.15) is 5.26 Å². The number of nitrogens with zero attached hydrogens (tertiary/aromatic N) is 3. The van der Waals surface area contributed by atoms with Crippen LogP contribution < -0.4 is 5.32 Å². The SMILES string of the molecule is CCNC(C#N)(CC)CCCN(C)CCc1ccccn1. The molecular formula is C17H28N4. The van der Waals surface area contributed by atoms with Crippen molar-refractivity contribution in [1.29, 1.82) is 5.26 Å². The first-order chi connectivity index (χ1) is 10.2. The second-order valence-electron chi connectivity index (χ2n) is 5.56. The van der Waals surface area contributed by atoms with E-state index in [9.17, 15) is 5.26 Å². The summed E-state index contributed by atoms with van der Waals surface area (Å²) >= 11 is 0. The number of hydrogen-bond acceptors (Lipinski definition) is 4.